The molecule has 55 heavy (non-hydrogen) atoms. The molecule has 0 aliphatic rings. The van der Waals surface area contributed by atoms with Gasteiger partial charge in [0.25, 0.3) is 5.91 Å². The normalized spacial score (nSPS) is 10.9. The van der Waals surface area contributed by atoms with Gasteiger partial charge in [0.2, 0.25) is 11.8 Å². The number of urea groups is 1. The number of amides is 5. The number of primary amides is 1. The third kappa shape index (κ3) is 25.4. The Balaban J connectivity index is -0.00000316. The smallest absolute Gasteiger partial charge is 0.312 e. The number of aliphatic hydroxyl groups is 2. The van der Waals surface area contributed by atoms with Gasteiger partial charge in [0, 0.05) is 60.9 Å². The zero-order valence-electron chi connectivity index (χ0n) is 34.4. The molecule has 0 bridgehead atoms. The van der Waals surface area contributed by atoms with Crippen molar-refractivity contribution in [2.45, 2.75) is 124 Å². The van der Waals surface area contributed by atoms with Crippen molar-refractivity contribution in [3.05, 3.63) is 58.9 Å². The monoisotopic (exact) mass is 902 g/mol. The molecule has 0 radical (unpaired) electrons. The van der Waals surface area contributed by atoms with Gasteiger partial charge in [-0.25, -0.2) is 4.79 Å². The molecule has 1 aromatic carbocycles. The van der Waals surface area contributed by atoms with Crippen LogP contribution in [0.15, 0.2) is 36.4 Å². The molecule has 0 fully saturated rings. The van der Waals surface area contributed by atoms with Crippen LogP contribution in [0.3, 0.4) is 0 Å². The molecule has 2 aromatic rings. The number of unbranched alkanes of at least 4 members (excludes halogenated alkanes) is 2. The molecule has 0 aliphatic carbocycles. The minimum absolute atomic E-state index is 0.0916. The number of nitrogens with two attached hydrogens (primary N) is 1. The quantitative estimate of drug-likeness (QED) is 0.0504. The van der Waals surface area contributed by atoms with Crippen molar-refractivity contribution in [1.29, 1.82) is 0 Å². The maximum atomic E-state index is 13.4. The predicted octanol–water partition coefficient (Wildman–Crippen LogP) is 7.14. The van der Waals surface area contributed by atoms with Gasteiger partial charge in [-0.2, -0.15) is 0 Å². The van der Waals surface area contributed by atoms with Gasteiger partial charge < -0.3 is 37.2 Å². The largest absolute Gasteiger partial charge is 0.400 e. The second-order valence-electron chi connectivity index (χ2n) is 11.6. The Kier molecular flexibility index (Phi) is 36.9. The zero-order chi connectivity index (χ0) is 42.8. The summed E-state index contributed by atoms with van der Waals surface area (Å²) in [6.45, 7) is 16.3. The van der Waals surface area contributed by atoms with Crippen molar-refractivity contribution in [2.75, 3.05) is 25.5 Å². The fourth-order valence-electron chi connectivity index (χ4n) is 4.87. The van der Waals surface area contributed by atoms with Crippen molar-refractivity contribution >= 4 is 67.1 Å². The van der Waals surface area contributed by atoms with Crippen molar-refractivity contribution in [3.63, 3.8) is 0 Å². The van der Waals surface area contributed by atoms with E-state index in [0.717, 1.165) is 18.5 Å². The van der Waals surface area contributed by atoms with Gasteiger partial charge in [0.1, 0.15) is 0 Å². The number of hydrogen-bond acceptors (Lipinski definition) is 8. The van der Waals surface area contributed by atoms with Crippen LogP contribution in [0.25, 0.3) is 0 Å². The minimum atomic E-state index is -0.765. The van der Waals surface area contributed by atoms with E-state index in [9.17, 15) is 29.1 Å². The van der Waals surface area contributed by atoms with Crippen LogP contribution in [-0.2, 0) is 31.7 Å². The van der Waals surface area contributed by atoms with Crippen LogP contribution in [0.5, 0.6) is 0 Å². The summed E-state index contributed by atoms with van der Waals surface area (Å²) in [5, 5.41) is 28.4. The Morgan fingerprint density at radius 1 is 0.800 bits per heavy atom. The van der Waals surface area contributed by atoms with E-state index in [4.69, 9.17) is 10.8 Å². The highest BCUT2D eigenvalue weighted by Gasteiger charge is 2.29. The lowest BCUT2D eigenvalue weighted by atomic mass is 9.89. The number of anilines is 1. The number of Topliss-reactive ketones (excluding diaryl/α,β-unsaturated/α-hetero) is 1. The number of pyridine rings is 1. The first-order chi connectivity index (χ1) is 26.5. The molecule has 5 amide bonds. The summed E-state index contributed by atoms with van der Waals surface area (Å²) in [6.07, 6.45) is 2.87. The molecule has 13 nitrogen and oxygen atoms in total. The van der Waals surface area contributed by atoms with Crippen LogP contribution in [0.2, 0.25) is 0 Å². The highest BCUT2D eigenvalue weighted by atomic mass is 79.9. The van der Waals surface area contributed by atoms with Crippen molar-refractivity contribution in [1.82, 2.24) is 20.9 Å². The Labute approximate surface area is 346 Å². The molecule has 8 N–H and O–H groups in total. The van der Waals surface area contributed by atoms with Gasteiger partial charge in [-0.1, -0.05) is 106 Å². The first-order valence-corrected chi connectivity index (χ1v) is 21.4. The Hall–Kier alpha value is -3.40. The number of benzene rings is 1. The number of aromatic nitrogens is 1. The van der Waals surface area contributed by atoms with E-state index in [0.29, 0.717) is 66.1 Å². The lowest BCUT2D eigenvalue weighted by Crippen LogP contribution is -2.45. The van der Waals surface area contributed by atoms with E-state index in [1.165, 1.54) is 0 Å². The summed E-state index contributed by atoms with van der Waals surface area (Å²) in [7, 11) is 1.00. The number of ketones is 1. The fraction of sp³-hybridized carbons (Fsp3) is 0.600. The predicted molar refractivity (Wildman–Crippen MR) is 230 cm³/mol. The highest BCUT2D eigenvalue weighted by Crippen LogP contribution is 2.20. The molecule has 0 saturated carbocycles. The average Bonchev–Trinajstić information content (AvgIpc) is 3.21. The molecular formula is C40H68Br2N6O7. The van der Waals surface area contributed by atoms with Gasteiger partial charge in [-0.3, -0.25) is 24.2 Å². The van der Waals surface area contributed by atoms with Crippen LogP contribution in [0.1, 0.15) is 128 Å². The standard InChI is InChI=1S/C33H46Br2N6O6.3C2H6.CH4O/c1-21(2)30(41-29(44)8-4-3-5-13-37-31(45)24-15-26(18-34)39-27(16-24)19-35)28(43)17-23(7-6-14-38-33(36)47)32(46)40-25-11-9-22(20-42)10-12-25;4*1-2/h9-12,15-16,21,23,30,42H,3-8,13-14,17-20H2,1-2H3,(H,37,45)(H,40,46)(H,41,44)(H3,36,38,47);3*1-2H3;2H,1H3/t23-,30+;;;;/m1..../s1. The van der Waals surface area contributed by atoms with Crippen LogP contribution in [0.4, 0.5) is 10.5 Å². The molecule has 0 saturated heterocycles. The van der Waals surface area contributed by atoms with Crippen LogP contribution < -0.4 is 27.0 Å². The van der Waals surface area contributed by atoms with E-state index in [1.54, 1.807) is 36.4 Å². The summed E-state index contributed by atoms with van der Waals surface area (Å²) < 4.78 is 0. The SMILES string of the molecule is CC.CC.CC.CC(C)[C@H](NC(=O)CCCCCNC(=O)c1cc(CBr)nc(CBr)c1)C(=O)C[C@@H](CCCNC(N)=O)C(=O)Nc1ccc(CO)cc1.CO. The third-order valence-corrected chi connectivity index (χ3v) is 8.56. The molecule has 2 rings (SSSR count). The van der Waals surface area contributed by atoms with E-state index < -0.39 is 18.0 Å². The number of alkyl halides is 2. The van der Waals surface area contributed by atoms with Crippen molar-refractivity contribution in [3.8, 4) is 0 Å². The molecule has 2 atom stereocenters. The lowest BCUT2D eigenvalue weighted by Gasteiger charge is -2.24. The second-order valence-corrected chi connectivity index (χ2v) is 12.7. The van der Waals surface area contributed by atoms with E-state index in [1.807, 2.05) is 55.4 Å². The van der Waals surface area contributed by atoms with Crippen molar-refractivity contribution < 1.29 is 34.2 Å². The van der Waals surface area contributed by atoms with Gasteiger partial charge in [0.15, 0.2) is 5.78 Å². The molecule has 15 heteroatoms. The van der Waals surface area contributed by atoms with Gasteiger partial charge in [0.05, 0.1) is 24.0 Å². The molecular weight excluding hydrogens is 836 g/mol. The number of hydrogen-bond donors (Lipinski definition) is 7. The number of nitrogens with one attached hydrogen (secondary N) is 4. The van der Waals surface area contributed by atoms with E-state index >= 15 is 0 Å². The van der Waals surface area contributed by atoms with Gasteiger partial charge in [-0.05, 0) is 61.4 Å². The average molecular weight is 905 g/mol. The number of rotatable bonds is 21. The first kappa shape index (κ1) is 55.9. The molecule has 0 unspecified atom stereocenters. The lowest BCUT2D eigenvalue weighted by molar-refractivity contribution is -0.131. The molecule has 1 aromatic heterocycles. The summed E-state index contributed by atoms with van der Waals surface area (Å²) >= 11 is 6.75. The molecule has 0 spiro atoms. The fourth-order valence-corrected chi connectivity index (χ4v) is 5.44. The van der Waals surface area contributed by atoms with E-state index in [-0.39, 0.29) is 55.4 Å². The summed E-state index contributed by atoms with van der Waals surface area (Å²) in [6, 6.07) is 8.79. The number of carbonyl (C=O) groups excluding carboxylic acids is 5. The van der Waals surface area contributed by atoms with Gasteiger partial charge >= 0.3 is 6.03 Å². The minimum Gasteiger partial charge on any atom is -0.400 e. The maximum Gasteiger partial charge on any atom is 0.312 e. The summed E-state index contributed by atoms with van der Waals surface area (Å²) in [5.41, 5.74) is 8.47. The van der Waals surface area contributed by atoms with Crippen molar-refractivity contribution in [2.24, 2.45) is 17.6 Å². The zero-order valence-corrected chi connectivity index (χ0v) is 37.6. The Morgan fingerprint density at radius 2 is 1.35 bits per heavy atom. The summed E-state index contributed by atoms with van der Waals surface area (Å²) in [5.74, 6) is -1.94. The topological polar surface area (TPSA) is 213 Å². The van der Waals surface area contributed by atoms with E-state index in [2.05, 4.69) is 58.1 Å². The highest BCUT2D eigenvalue weighted by molar-refractivity contribution is 9.08. The van der Waals surface area contributed by atoms with Crippen LogP contribution in [0, 0.1) is 11.8 Å². The molecule has 1 heterocycles. The number of aliphatic hydroxyl groups excluding tert-OH is 2. The molecule has 314 valence electrons. The number of nitrogens with zero attached hydrogens (tertiary/aromatic N) is 1. The number of carbonyl (C=O) groups is 5. The second kappa shape index (κ2) is 36.3. The van der Waals surface area contributed by atoms with Gasteiger partial charge in [-0.15, -0.1) is 0 Å². The molecule has 0 aliphatic heterocycles. The first-order valence-electron chi connectivity index (χ1n) is 19.2. The maximum absolute atomic E-state index is 13.4. The Bertz CT molecular complexity index is 1330. The Morgan fingerprint density at radius 3 is 1.84 bits per heavy atom. The number of halogens is 2. The third-order valence-electron chi connectivity index (χ3n) is 7.41. The van der Waals surface area contributed by atoms with Crippen LogP contribution in [-0.4, -0.2) is 71.0 Å². The summed E-state index contributed by atoms with van der Waals surface area (Å²) in [4.78, 5) is 67.5. The van der Waals surface area contributed by atoms with Crippen LogP contribution >= 0.6 is 31.9 Å².